The molecule has 1 fully saturated rings. The number of imidazole rings is 1. The quantitative estimate of drug-likeness (QED) is 0.938. The molecule has 4 nitrogen and oxygen atoms in total. The van der Waals surface area contributed by atoms with Gasteiger partial charge in [-0.05, 0) is 19.8 Å². The topological polar surface area (TPSA) is 52.5 Å². The number of ether oxygens (including phenoxy) is 1. The minimum Gasteiger partial charge on any atom is -0.375 e. The van der Waals surface area contributed by atoms with Crippen LogP contribution < -0.4 is 5.73 Å². The number of aromatic nitrogens is 2. The van der Waals surface area contributed by atoms with Crippen LogP contribution in [0.1, 0.15) is 26.5 Å². The number of hydrogen-bond acceptors (Lipinski definition) is 4. The Kier molecular flexibility index (Phi) is 3.37. The first-order valence-corrected chi connectivity index (χ1v) is 7.76. The van der Waals surface area contributed by atoms with Crippen molar-refractivity contribution in [2.45, 2.75) is 45.4 Å². The molecule has 2 N–H and O–H groups in total. The second-order valence-electron chi connectivity index (χ2n) is 5.68. The Hall–Kier alpha value is -0.910. The third-order valence-corrected chi connectivity index (χ3v) is 5.17. The van der Waals surface area contributed by atoms with Crippen LogP contribution in [0.2, 0.25) is 0 Å². The SMILES string of the molecule is CC1OC(C)C(C(N)Cc2cn3ccsc3n2)C1C. The largest absolute Gasteiger partial charge is 0.375 e. The minimum atomic E-state index is 0.111. The molecule has 3 heterocycles. The van der Waals surface area contributed by atoms with Gasteiger partial charge in [0, 0.05) is 36.2 Å². The zero-order chi connectivity index (χ0) is 13.6. The molecule has 0 radical (unpaired) electrons. The van der Waals surface area contributed by atoms with Gasteiger partial charge in [-0.25, -0.2) is 4.98 Å². The molecule has 0 saturated carbocycles. The zero-order valence-electron chi connectivity index (χ0n) is 11.6. The van der Waals surface area contributed by atoms with Crippen molar-refractivity contribution in [1.29, 1.82) is 0 Å². The number of thiazole rings is 1. The molecule has 0 aromatic carbocycles. The lowest BCUT2D eigenvalue weighted by Crippen LogP contribution is -2.39. The second kappa shape index (κ2) is 4.89. The molecule has 2 aromatic rings. The maximum Gasteiger partial charge on any atom is 0.193 e. The summed E-state index contributed by atoms with van der Waals surface area (Å²) in [4.78, 5) is 5.65. The van der Waals surface area contributed by atoms with Crippen LogP contribution in [-0.2, 0) is 11.2 Å². The van der Waals surface area contributed by atoms with Gasteiger partial charge in [0.05, 0.1) is 17.9 Å². The number of nitrogens with two attached hydrogens (primary N) is 1. The lowest BCUT2D eigenvalue weighted by atomic mass is 9.82. The summed E-state index contributed by atoms with van der Waals surface area (Å²) >= 11 is 1.66. The van der Waals surface area contributed by atoms with E-state index in [4.69, 9.17) is 10.5 Å². The third-order valence-electron chi connectivity index (χ3n) is 4.40. The Labute approximate surface area is 117 Å². The van der Waals surface area contributed by atoms with E-state index < -0.39 is 0 Å². The lowest BCUT2D eigenvalue weighted by molar-refractivity contribution is 0.0490. The molecule has 1 aliphatic heterocycles. The monoisotopic (exact) mass is 279 g/mol. The van der Waals surface area contributed by atoms with Gasteiger partial charge in [0.25, 0.3) is 0 Å². The molecule has 1 aliphatic rings. The first-order valence-electron chi connectivity index (χ1n) is 6.88. The average molecular weight is 279 g/mol. The fourth-order valence-corrected chi connectivity index (χ4v) is 4.00. The summed E-state index contributed by atoms with van der Waals surface area (Å²) in [6, 6.07) is 0.111. The van der Waals surface area contributed by atoms with Crippen LogP contribution in [0.3, 0.4) is 0 Å². The first-order chi connectivity index (χ1) is 9.06. The van der Waals surface area contributed by atoms with Crippen molar-refractivity contribution >= 4 is 16.3 Å². The van der Waals surface area contributed by atoms with Crippen molar-refractivity contribution in [3.8, 4) is 0 Å². The zero-order valence-corrected chi connectivity index (χ0v) is 12.4. The van der Waals surface area contributed by atoms with E-state index in [1.165, 1.54) is 0 Å². The first kappa shape index (κ1) is 13.1. The van der Waals surface area contributed by atoms with Crippen LogP contribution in [0.25, 0.3) is 4.96 Å². The van der Waals surface area contributed by atoms with E-state index in [1.54, 1.807) is 11.3 Å². The highest BCUT2D eigenvalue weighted by Crippen LogP contribution is 2.34. The highest BCUT2D eigenvalue weighted by atomic mass is 32.1. The molecule has 2 aromatic heterocycles. The van der Waals surface area contributed by atoms with E-state index in [2.05, 4.69) is 36.4 Å². The Morgan fingerprint density at radius 2 is 2.21 bits per heavy atom. The van der Waals surface area contributed by atoms with E-state index in [9.17, 15) is 0 Å². The van der Waals surface area contributed by atoms with Crippen LogP contribution in [-0.4, -0.2) is 27.6 Å². The van der Waals surface area contributed by atoms with Crippen molar-refractivity contribution < 1.29 is 4.74 Å². The lowest BCUT2D eigenvalue weighted by Gasteiger charge is -2.25. The standard InChI is InChI=1S/C14H21N3OS/c1-8-9(2)18-10(3)13(8)12(15)6-11-7-17-4-5-19-14(17)16-11/h4-5,7-10,12-13H,6,15H2,1-3H3. The number of rotatable bonds is 3. The number of nitrogens with zero attached hydrogens (tertiary/aromatic N) is 2. The van der Waals surface area contributed by atoms with Crippen LogP contribution in [0.4, 0.5) is 0 Å². The van der Waals surface area contributed by atoms with E-state index in [0.717, 1.165) is 17.1 Å². The maximum atomic E-state index is 6.42. The third kappa shape index (κ3) is 2.30. The average Bonchev–Trinajstić information content (AvgIpc) is 2.94. The molecule has 104 valence electrons. The molecular formula is C14H21N3OS. The van der Waals surface area contributed by atoms with Crippen molar-refractivity contribution in [2.75, 3.05) is 0 Å². The maximum absolute atomic E-state index is 6.42. The Morgan fingerprint density at radius 3 is 2.84 bits per heavy atom. The van der Waals surface area contributed by atoms with E-state index in [-0.39, 0.29) is 12.1 Å². The molecule has 0 amide bonds. The molecule has 0 bridgehead atoms. The van der Waals surface area contributed by atoms with Crippen LogP contribution >= 0.6 is 11.3 Å². The van der Waals surface area contributed by atoms with Gasteiger partial charge in [-0.1, -0.05) is 6.92 Å². The van der Waals surface area contributed by atoms with Gasteiger partial charge in [0.15, 0.2) is 4.96 Å². The fourth-order valence-electron chi connectivity index (χ4n) is 3.28. The second-order valence-corrected chi connectivity index (χ2v) is 6.55. The molecule has 1 saturated heterocycles. The van der Waals surface area contributed by atoms with Crippen molar-refractivity contribution in [3.63, 3.8) is 0 Å². The smallest absolute Gasteiger partial charge is 0.193 e. The van der Waals surface area contributed by atoms with Crippen molar-refractivity contribution in [2.24, 2.45) is 17.6 Å². The van der Waals surface area contributed by atoms with E-state index in [0.29, 0.717) is 17.9 Å². The minimum absolute atomic E-state index is 0.111. The predicted octanol–water partition coefficient (Wildman–Crippen LogP) is 2.33. The molecule has 3 rings (SSSR count). The van der Waals surface area contributed by atoms with Gasteiger partial charge in [0.1, 0.15) is 0 Å². The highest BCUT2D eigenvalue weighted by Gasteiger charge is 2.40. The Bertz CT molecular complexity index is 535. The predicted molar refractivity (Wildman–Crippen MR) is 77.4 cm³/mol. The summed E-state index contributed by atoms with van der Waals surface area (Å²) in [6.45, 7) is 6.52. The van der Waals surface area contributed by atoms with Crippen LogP contribution in [0.5, 0.6) is 0 Å². The summed E-state index contributed by atoms with van der Waals surface area (Å²) in [5, 5.41) is 2.04. The summed E-state index contributed by atoms with van der Waals surface area (Å²) < 4.78 is 7.95. The normalized spacial score (nSPS) is 33.1. The molecule has 5 unspecified atom stereocenters. The summed E-state index contributed by atoms with van der Waals surface area (Å²) in [5.74, 6) is 0.920. The Balaban J connectivity index is 1.74. The van der Waals surface area contributed by atoms with Gasteiger partial charge in [-0.2, -0.15) is 0 Å². The van der Waals surface area contributed by atoms with Gasteiger partial charge in [-0.15, -0.1) is 11.3 Å². The van der Waals surface area contributed by atoms with E-state index >= 15 is 0 Å². The summed E-state index contributed by atoms with van der Waals surface area (Å²) in [7, 11) is 0. The highest BCUT2D eigenvalue weighted by molar-refractivity contribution is 7.15. The molecule has 5 atom stereocenters. The van der Waals surface area contributed by atoms with Gasteiger partial charge < -0.3 is 10.5 Å². The van der Waals surface area contributed by atoms with Gasteiger partial charge >= 0.3 is 0 Å². The van der Waals surface area contributed by atoms with Crippen LogP contribution in [0.15, 0.2) is 17.8 Å². The molecule has 0 aliphatic carbocycles. The van der Waals surface area contributed by atoms with Crippen molar-refractivity contribution in [3.05, 3.63) is 23.5 Å². The van der Waals surface area contributed by atoms with Crippen LogP contribution in [0, 0.1) is 11.8 Å². The van der Waals surface area contributed by atoms with E-state index in [1.807, 2.05) is 11.6 Å². The molecule has 0 spiro atoms. The summed E-state index contributed by atoms with van der Waals surface area (Å²) in [6.07, 6.45) is 5.48. The van der Waals surface area contributed by atoms with Crippen molar-refractivity contribution in [1.82, 2.24) is 9.38 Å². The number of hydrogen-bond donors (Lipinski definition) is 1. The summed E-state index contributed by atoms with van der Waals surface area (Å²) in [5.41, 5.74) is 7.50. The molecule has 19 heavy (non-hydrogen) atoms. The molecular weight excluding hydrogens is 258 g/mol. The Morgan fingerprint density at radius 1 is 1.42 bits per heavy atom. The van der Waals surface area contributed by atoms with Gasteiger partial charge in [0.2, 0.25) is 0 Å². The molecule has 5 heteroatoms. The number of fused-ring (bicyclic) bond motifs is 1. The van der Waals surface area contributed by atoms with Gasteiger partial charge in [-0.3, -0.25) is 4.40 Å². The fraction of sp³-hybridized carbons (Fsp3) is 0.643.